The van der Waals surface area contributed by atoms with Crippen LogP contribution in [0.15, 0.2) is 41.9 Å². The number of guanidine groups is 1. The van der Waals surface area contributed by atoms with Gasteiger partial charge in [-0.1, -0.05) is 24.6 Å². The average molecular weight is 287 g/mol. The minimum atomic E-state index is 0.390. The topological polar surface area (TPSA) is 59.6 Å². The Morgan fingerprint density at radius 1 is 1.29 bits per heavy atom. The summed E-state index contributed by atoms with van der Waals surface area (Å²) in [5.74, 6) is 1.39. The van der Waals surface area contributed by atoms with E-state index in [4.69, 9.17) is 10.5 Å². The van der Waals surface area contributed by atoms with Crippen LogP contribution in [-0.2, 0) is 6.54 Å². The number of nitrogens with zero attached hydrogens (tertiary/aromatic N) is 1. The van der Waals surface area contributed by atoms with Crippen LogP contribution in [0, 0.1) is 0 Å². The van der Waals surface area contributed by atoms with Crippen molar-refractivity contribution in [1.29, 1.82) is 0 Å². The molecular formula is C17H25N3O. The number of aliphatic imine (C=N–C) groups is 1. The molecule has 0 saturated heterocycles. The van der Waals surface area contributed by atoms with Gasteiger partial charge in [0.15, 0.2) is 5.96 Å². The Kier molecular flexibility index (Phi) is 6.13. The Morgan fingerprint density at radius 3 is 2.67 bits per heavy atom. The van der Waals surface area contributed by atoms with Crippen LogP contribution in [0.4, 0.5) is 0 Å². The van der Waals surface area contributed by atoms with Crippen molar-refractivity contribution in [2.45, 2.75) is 44.8 Å². The highest BCUT2D eigenvalue weighted by Crippen LogP contribution is 2.23. The Hall–Kier alpha value is -1.97. The molecule has 0 atom stereocenters. The molecule has 114 valence electrons. The molecule has 0 heterocycles. The molecule has 0 amide bonds. The van der Waals surface area contributed by atoms with Crippen molar-refractivity contribution in [3.63, 3.8) is 0 Å². The molecule has 2 rings (SSSR count). The zero-order valence-electron chi connectivity index (χ0n) is 12.6. The summed E-state index contributed by atoms with van der Waals surface area (Å²) >= 11 is 0. The van der Waals surface area contributed by atoms with Crippen LogP contribution in [0.25, 0.3) is 0 Å². The van der Waals surface area contributed by atoms with Gasteiger partial charge in [-0.2, -0.15) is 0 Å². The van der Waals surface area contributed by atoms with Crippen molar-refractivity contribution in [2.75, 3.05) is 6.54 Å². The minimum Gasteiger partial charge on any atom is -0.490 e. The summed E-state index contributed by atoms with van der Waals surface area (Å²) in [6.07, 6.45) is 8.41. The second-order valence-electron chi connectivity index (χ2n) is 5.39. The molecule has 1 aromatic rings. The Labute approximate surface area is 127 Å². The van der Waals surface area contributed by atoms with Crippen molar-refractivity contribution >= 4 is 5.96 Å². The summed E-state index contributed by atoms with van der Waals surface area (Å²) in [6.45, 7) is 4.82. The van der Waals surface area contributed by atoms with Gasteiger partial charge in [-0.15, -0.1) is 6.58 Å². The number of nitrogens with two attached hydrogens (primary N) is 1. The van der Waals surface area contributed by atoms with Crippen molar-refractivity contribution in [1.82, 2.24) is 5.32 Å². The Bertz CT molecular complexity index is 461. The third-order valence-electron chi connectivity index (χ3n) is 3.64. The SMILES string of the molecule is C=CCNC(N)=NCc1ccc(OC2CCCCC2)cc1. The second kappa shape index (κ2) is 8.35. The molecule has 4 heteroatoms. The molecule has 0 spiro atoms. The molecule has 3 N–H and O–H groups in total. The van der Waals surface area contributed by atoms with Gasteiger partial charge in [-0.25, -0.2) is 4.99 Å². The molecule has 1 saturated carbocycles. The van der Waals surface area contributed by atoms with Gasteiger partial charge in [-0.05, 0) is 43.4 Å². The van der Waals surface area contributed by atoms with E-state index in [0.29, 0.717) is 25.2 Å². The van der Waals surface area contributed by atoms with Crippen LogP contribution in [0.1, 0.15) is 37.7 Å². The lowest BCUT2D eigenvalue weighted by Crippen LogP contribution is -2.31. The van der Waals surface area contributed by atoms with E-state index in [2.05, 4.69) is 16.9 Å². The van der Waals surface area contributed by atoms with E-state index in [9.17, 15) is 0 Å². The number of ether oxygens (including phenoxy) is 1. The lowest BCUT2D eigenvalue weighted by Gasteiger charge is -2.23. The zero-order valence-corrected chi connectivity index (χ0v) is 12.6. The van der Waals surface area contributed by atoms with Crippen LogP contribution < -0.4 is 15.8 Å². The molecule has 0 unspecified atom stereocenters. The number of hydrogen-bond donors (Lipinski definition) is 2. The summed E-state index contributed by atoms with van der Waals surface area (Å²) in [5, 5.41) is 2.95. The zero-order chi connectivity index (χ0) is 14.9. The third kappa shape index (κ3) is 5.50. The predicted molar refractivity (Wildman–Crippen MR) is 87.5 cm³/mol. The van der Waals surface area contributed by atoms with E-state index < -0.39 is 0 Å². The van der Waals surface area contributed by atoms with E-state index in [1.165, 1.54) is 32.1 Å². The Balaban J connectivity index is 1.82. The van der Waals surface area contributed by atoms with Gasteiger partial charge in [-0.3, -0.25) is 0 Å². The summed E-state index contributed by atoms with van der Waals surface area (Å²) in [4.78, 5) is 4.27. The van der Waals surface area contributed by atoms with Gasteiger partial charge >= 0.3 is 0 Å². The molecule has 0 bridgehead atoms. The van der Waals surface area contributed by atoms with Crippen LogP contribution >= 0.6 is 0 Å². The molecule has 1 aliphatic rings. The fourth-order valence-corrected chi connectivity index (χ4v) is 2.46. The van der Waals surface area contributed by atoms with Gasteiger partial charge in [0.05, 0.1) is 12.6 Å². The van der Waals surface area contributed by atoms with Gasteiger partial charge in [0.2, 0.25) is 0 Å². The molecular weight excluding hydrogens is 262 g/mol. The number of benzene rings is 1. The van der Waals surface area contributed by atoms with Crippen molar-refractivity contribution in [3.8, 4) is 5.75 Å². The predicted octanol–water partition coefficient (Wildman–Crippen LogP) is 2.99. The van der Waals surface area contributed by atoms with Crippen LogP contribution in [0.2, 0.25) is 0 Å². The normalized spacial score (nSPS) is 16.5. The summed E-state index contributed by atoms with van der Waals surface area (Å²) in [6, 6.07) is 8.13. The fourth-order valence-electron chi connectivity index (χ4n) is 2.46. The van der Waals surface area contributed by atoms with E-state index in [1.54, 1.807) is 6.08 Å². The van der Waals surface area contributed by atoms with Crippen LogP contribution in [0.5, 0.6) is 5.75 Å². The average Bonchev–Trinajstić information content (AvgIpc) is 2.53. The summed E-state index contributed by atoms with van der Waals surface area (Å²) in [7, 11) is 0. The van der Waals surface area contributed by atoms with Gasteiger partial charge < -0.3 is 15.8 Å². The van der Waals surface area contributed by atoms with Crippen molar-refractivity contribution in [2.24, 2.45) is 10.7 Å². The maximum absolute atomic E-state index is 6.01. The summed E-state index contributed by atoms with van der Waals surface area (Å²) in [5.41, 5.74) is 6.85. The number of rotatable bonds is 6. The van der Waals surface area contributed by atoms with Gasteiger partial charge in [0.25, 0.3) is 0 Å². The first-order chi connectivity index (χ1) is 10.3. The molecule has 4 nitrogen and oxygen atoms in total. The summed E-state index contributed by atoms with van der Waals surface area (Å²) < 4.78 is 6.01. The van der Waals surface area contributed by atoms with E-state index in [-0.39, 0.29) is 0 Å². The first-order valence-corrected chi connectivity index (χ1v) is 7.68. The highest BCUT2D eigenvalue weighted by molar-refractivity contribution is 5.77. The fraction of sp³-hybridized carbons (Fsp3) is 0.471. The number of hydrogen-bond acceptors (Lipinski definition) is 2. The first-order valence-electron chi connectivity index (χ1n) is 7.68. The maximum Gasteiger partial charge on any atom is 0.189 e. The highest BCUT2D eigenvalue weighted by atomic mass is 16.5. The number of nitrogens with one attached hydrogen (secondary N) is 1. The van der Waals surface area contributed by atoms with E-state index in [1.807, 2.05) is 24.3 Å². The molecule has 1 aromatic carbocycles. The quantitative estimate of drug-likeness (QED) is 0.480. The largest absolute Gasteiger partial charge is 0.490 e. The molecule has 0 aliphatic heterocycles. The van der Waals surface area contributed by atoms with E-state index >= 15 is 0 Å². The van der Waals surface area contributed by atoms with Gasteiger partial charge in [0.1, 0.15) is 5.75 Å². The molecule has 0 radical (unpaired) electrons. The van der Waals surface area contributed by atoms with Crippen molar-refractivity contribution in [3.05, 3.63) is 42.5 Å². The standard InChI is InChI=1S/C17H25N3O/c1-2-12-19-17(18)20-13-14-8-10-16(11-9-14)21-15-6-4-3-5-7-15/h2,8-11,15H,1,3-7,12-13H2,(H3,18,19,20). The van der Waals surface area contributed by atoms with E-state index in [0.717, 1.165) is 11.3 Å². The van der Waals surface area contributed by atoms with Crippen molar-refractivity contribution < 1.29 is 4.74 Å². The molecule has 1 fully saturated rings. The lowest BCUT2D eigenvalue weighted by molar-refractivity contribution is 0.155. The first kappa shape index (κ1) is 15.4. The Morgan fingerprint density at radius 2 is 2.00 bits per heavy atom. The smallest absolute Gasteiger partial charge is 0.189 e. The van der Waals surface area contributed by atoms with Gasteiger partial charge in [0, 0.05) is 6.54 Å². The monoisotopic (exact) mass is 287 g/mol. The molecule has 21 heavy (non-hydrogen) atoms. The highest BCUT2D eigenvalue weighted by Gasteiger charge is 2.14. The van der Waals surface area contributed by atoms with Crippen LogP contribution in [-0.4, -0.2) is 18.6 Å². The van der Waals surface area contributed by atoms with Crippen LogP contribution in [0.3, 0.4) is 0 Å². The maximum atomic E-state index is 6.01. The third-order valence-corrected chi connectivity index (χ3v) is 3.64. The molecule has 1 aliphatic carbocycles. The molecule has 0 aromatic heterocycles. The lowest BCUT2D eigenvalue weighted by atomic mass is 9.98. The second-order valence-corrected chi connectivity index (χ2v) is 5.39. The minimum absolute atomic E-state index is 0.390.